The lowest BCUT2D eigenvalue weighted by Crippen LogP contribution is -2.32. The van der Waals surface area contributed by atoms with Crippen molar-refractivity contribution in [2.45, 2.75) is 31.8 Å². The minimum absolute atomic E-state index is 0.101. The van der Waals surface area contributed by atoms with Crippen LogP contribution in [0.4, 0.5) is 0 Å². The number of carbonyl (C=O) groups excluding carboxylic acids is 1. The molecule has 1 aliphatic rings. The molecule has 0 heterocycles. The van der Waals surface area contributed by atoms with Crippen molar-refractivity contribution in [2.24, 2.45) is 0 Å². The molecule has 0 atom stereocenters. The van der Waals surface area contributed by atoms with Crippen molar-refractivity contribution in [3.63, 3.8) is 0 Å². The maximum atomic E-state index is 11.5. The van der Waals surface area contributed by atoms with Crippen LogP contribution in [0.3, 0.4) is 0 Å². The monoisotopic (exact) mass is 269 g/mol. The van der Waals surface area contributed by atoms with Gasteiger partial charge in [0.2, 0.25) is 0 Å². The van der Waals surface area contributed by atoms with Gasteiger partial charge in [0.1, 0.15) is 5.75 Å². The molecule has 98 valence electrons. The van der Waals surface area contributed by atoms with Gasteiger partial charge in [-0.3, -0.25) is 9.63 Å². The molecule has 0 spiro atoms. The molecule has 0 radical (unpaired) electrons. The molecule has 0 saturated heterocycles. The van der Waals surface area contributed by atoms with E-state index in [4.69, 9.17) is 21.2 Å². The van der Waals surface area contributed by atoms with E-state index in [0.717, 1.165) is 25.7 Å². The number of hydrogen-bond acceptors (Lipinski definition) is 3. The maximum Gasteiger partial charge on any atom is 0.281 e. The molecule has 1 aromatic carbocycles. The van der Waals surface area contributed by atoms with E-state index in [1.165, 1.54) is 0 Å². The van der Waals surface area contributed by atoms with Crippen LogP contribution in [-0.2, 0) is 9.63 Å². The number of halogens is 1. The molecule has 1 aromatic rings. The average Bonchev–Trinajstić information content (AvgIpc) is 2.88. The first kappa shape index (κ1) is 13.2. The summed E-state index contributed by atoms with van der Waals surface area (Å²) in [6.45, 7) is -0.101. The summed E-state index contributed by atoms with van der Waals surface area (Å²) in [5.74, 6) is 0.192. The van der Waals surface area contributed by atoms with Crippen LogP contribution in [0.1, 0.15) is 25.7 Å². The molecule has 5 heteroatoms. The molecular formula is C13H16ClNO3. The lowest BCUT2D eigenvalue weighted by molar-refractivity contribution is -0.140. The number of nitrogens with one attached hydrogen (secondary N) is 1. The standard InChI is InChI=1S/C13H16ClNO3/c14-11-7-3-4-8-12(11)17-9-13(16)15-18-10-5-1-2-6-10/h3-4,7-8,10H,1-2,5-6,9H2,(H,15,16). The van der Waals surface area contributed by atoms with Gasteiger partial charge in [0.25, 0.3) is 5.91 Å². The van der Waals surface area contributed by atoms with Crippen molar-refractivity contribution in [1.29, 1.82) is 0 Å². The summed E-state index contributed by atoms with van der Waals surface area (Å²) in [6, 6.07) is 7.03. The zero-order valence-corrected chi connectivity index (χ0v) is 10.8. The normalized spacial score (nSPS) is 15.6. The van der Waals surface area contributed by atoms with Crippen LogP contribution in [0.2, 0.25) is 5.02 Å². The fraction of sp³-hybridized carbons (Fsp3) is 0.462. The fourth-order valence-electron chi connectivity index (χ4n) is 1.89. The summed E-state index contributed by atoms with van der Waals surface area (Å²) >= 11 is 5.90. The summed E-state index contributed by atoms with van der Waals surface area (Å²) in [4.78, 5) is 16.8. The van der Waals surface area contributed by atoms with Gasteiger partial charge in [-0.1, -0.05) is 36.6 Å². The molecule has 1 saturated carbocycles. The topological polar surface area (TPSA) is 47.6 Å². The third-order valence-corrected chi connectivity index (χ3v) is 3.15. The number of carbonyl (C=O) groups is 1. The van der Waals surface area contributed by atoms with Crippen molar-refractivity contribution in [2.75, 3.05) is 6.61 Å². The van der Waals surface area contributed by atoms with E-state index in [0.29, 0.717) is 10.8 Å². The maximum absolute atomic E-state index is 11.5. The molecule has 0 bridgehead atoms. The van der Waals surface area contributed by atoms with Crippen molar-refractivity contribution >= 4 is 17.5 Å². The zero-order valence-electron chi connectivity index (χ0n) is 10.0. The largest absolute Gasteiger partial charge is 0.482 e. The second-order valence-corrected chi connectivity index (χ2v) is 4.68. The molecule has 1 aliphatic carbocycles. The third-order valence-electron chi connectivity index (χ3n) is 2.84. The highest BCUT2D eigenvalue weighted by molar-refractivity contribution is 6.32. The van der Waals surface area contributed by atoms with E-state index < -0.39 is 0 Å². The smallest absolute Gasteiger partial charge is 0.281 e. The Morgan fingerprint density at radius 3 is 2.78 bits per heavy atom. The highest BCUT2D eigenvalue weighted by Crippen LogP contribution is 2.23. The number of hydroxylamine groups is 1. The summed E-state index contributed by atoms with van der Waals surface area (Å²) in [5, 5.41) is 0.488. The van der Waals surface area contributed by atoms with Gasteiger partial charge in [-0.05, 0) is 25.0 Å². The summed E-state index contributed by atoms with van der Waals surface area (Å²) < 4.78 is 5.29. The summed E-state index contributed by atoms with van der Waals surface area (Å²) in [6.07, 6.45) is 4.49. The molecule has 1 amide bonds. The van der Waals surface area contributed by atoms with Gasteiger partial charge >= 0.3 is 0 Å². The molecule has 18 heavy (non-hydrogen) atoms. The minimum Gasteiger partial charge on any atom is -0.482 e. The number of benzene rings is 1. The van der Waals surface area contributed by atoms with Gasteiger partial charge in [-0.15, -0.1) is 0 Å². The number of rotatable bonds is 5. The van der Waals surface area contributed by atoms with E-state index >= 15 is 0 Å². The first-order valence-electron chi connectivity index (χ1n) is 6.07. The Kier molecular flexibility index (Phi) is 4.84. The van der Waals surface area contributed by atoms with E-state index in [9.17, 15) is 4.79 Å². The lowest BCUT2D eigenvalue weighted by atomic mass is 10.3. The predicted molar refractivity (Wildman–Crippen MR) is 68.4 cm³/mol. The Morgan fingerprint density at radius 2 is 2.06 bits per heavy atom. The van der Waals surface area contributed by atoms with Crippen molar-refractivity contribution in [1.82, 2.24) is 5.48 Å². The highest BCUT2D eigenvalue weighted by atomic mass is 35.5. The van der Waals surface area contributed by atoms with Crippen molar-refractivity contribution in [3.05, 3.63) is 29.3 Å². The summed E-state index contributed by atoms with van der Waals surface area (Å²) in [7, 11) is 0. The summed E-state index contributed by atoms with van der Waals surface area (Å²) in [5.41, 5.74) is 2.41. The Morgan fingerprint density at radius 1 is 1.33 bits per heavy atom. The van der Waals surface area contributed by atoms with Gasteiger partial charge in [0, 0.05) is 0 Å². The first-order valence-corrected chi connectivity index (χ1v) is 6.45. The minimum atomic E-state index is -0.304. The number of ether oxygens (including phenoxy) is 1. The molecule has 2 rings (SSSR count). The van der Waals surface area contributed by atoms with E-state index in [1.54, 1.807) is 24.3 Å². The van der Waals surface area contributed by atoms with Crippen LogP contribution in [0, 0.1) is 0 Å². The van der Waals surface area contributed by atoms with Crippen LogP contribution >= 0.6 is 11.6 Å². The number of hydrogen-bond donors (Lipinski definition) is 1. The third kappa shape index (κ3) is 3.89. The van der Waals surface area contributed by atoms with Crippen LogP contribution in [0.5, 0.6) is 5.75 Å². The second kappa shape index (κ2) is 6.61. The number of amides is 1. The van der Waals surface area contributed by atoms with Crippen LogP contribution in [0.15, 0.2) is 24.3 Å². The quantitative estimate of drug-likeness (QED) is 0.836. The highest BCUT2D eigenvalue weighted by Gasteiger charge is 2.16. The van der Waals surface area contributed by atoms with Gasteiger partial charge < -0.3 is 4.74 Å². The lowest BCUT2D eigenvalue weighted by Gasteiger charge is -2.12. The van der Waals surface area contributed by atoms with Gasteiger partial charge in [-0.25, -0.2) is 5.48 Å². The molecular weight excluding hydrogens is 254 g/mol. The molecule has 0 aromatic heterocycles. The molecule has 1 fully saturated rings. The Labute approximate surface area is 111 Å². The Hall–Kier alpha value is -1.26. The second-order valence-electron chi connectivity index (χ2n) is 4.27. The van der Waals surface area contributed by atoms with E-state index in [1.807, 2.05) is 0 Å². The SMILES string of the molecule is O=C(COc1ccccc1Cl)NOC1CCCC1. The van der Waals surface area contributed by atoms with Crippen LogP contribution in [0.25, 0.3) is 0 Å². The van der Waals surface area contributed by atoms with Gasteiger partial charge in [0.05, 0.1) is 11.1 Å². The Balaban J connectivity index is 1.69. The number of para-hydroxylation sites is 1. The predicted octanol–water partition coefficient (Wildman–Crippen LogP) is 2.71. The van der Waals surface area contributed by atoms with Gasteiger partial charge in [-0.2, -0.15) is 0 Å². The van der Waals surface area contributed by atoms with Gasteiger partial charge in [0.15, 0.2) is 6.61 Å². The first-order chi connectivity index (χ1) is 8.75. The molecule has 1 N–H and O–H groups in total. The molecule has 0 aliphatic heterocycles. The molecule has 0 unspecified atom stereocenters. The van der Waals surface area contributed by atoms with Crippen molar-refractivity contribution < 1.29 is 14.4 Å². The Bertz CT molecular complexity index is 405. The fourth-order valence-corrected chi connectivity index (χ4v) is 2.08. The molecule has 4 nitrogen and oxygen atoms in total. The van der Waals surface area contributed by atoms with E-state index in [-0.39, 0.29) is 18.6 Å². The average molecular weight is 270 g/mol. The zero-order chi connectivity index (χ0) is 12.8. The van der Waals surface area contributed by atoms with Crippen molar-refractivity contribution in [3.8, 4) is 5.75 Å². The van der Waals surface area contributed by atoms with Crippen LogP contribution < -0.4 is 10.2 Å². The van der Waals surface area contributed by atoms with Crippen LogP contribution in [-0.4, -0.2) is 18.6 Å². The van der Waals surface area contributed by atoms with E-state index in [2.05, 4.69) is 5.48 Å².